The van der Waals surface area contributed by atoms with Crippen molar-refractivity contribution in [1.29, 1.82) is 0 Å². The zero-order valence-corrected chi connectivity index (χ0v) is 15.1. The molecule has 1 saturated heterocycles. The summed E-state index contributed by atoms with van der Waals surface area (Å²) in [6.45, 7) is 11.2. The van der Waals surface area contributed by atoms with E-state index in [0.717, 1.165) is 26.1 Å². The maximum atomic E-state index is 5.12. The Morgan fingerprint density at radius 1 is 1.29 bits per heavy atom. The molecule has 3 heterocycles. The minimum absolute atomic E-state index is 0.582. The first-order valence-corrected chi connectivity index (χ1v) is 9.33. The number of piperidine rings is 1. The van der Waals surface area contributed by atoms with Gasteiger partial charge in [-0.15, -0.1) is 0 Å². The number of rotatable bonds is 3. The molecule has 0 aliphatic carbocycles. The zero-order valence-electron chi connectivity index (χ0n) is 15.1. The predicted octanol–water partition coefficient (Wildman–Crippen LogP) is 3.66. The standard InChI is InChI=1S/C20H28N4/c1-4-23-11-5-6-16(13-23)19-17-9-10-21-20(17)24(22-19)18-12-14(2)7-8-15(18)3/h7-8,12,16,21H,4-6,9-11,13H2,1-3H3. The summed E-state index contributed by atoms with van der Waals surface area (Å²) in [6.07, 6.45) is 3.67. The summed E-state index contributed by atoms with van der Waals surface area (Å²) < 4.78 is 2.17. The third-order valence-electron chi connectivity index (χ3n) is 5.61. The van der Waals surface area contributed by atoms with E-state index in [-0.39, 0.29) is 0 Å². The molecule has 2 aliphatic heterocycles. The van der Waals surface area contributed by atoms with E-state index in [9.17, 15) is 0 Å². The Bertz CT molecular complexity index is 746. The number of likely N-dealkylation sites (N-methyl/N-ethyl adjacent to an activating group) is 1. The molecule has 1 N–H and O–H groups in total. The van der Waals surface area contributed by atoms with E-state index in [1.807, 2.05) is 0 Å². The van der Waals surface area contributed by atoms with Crippen molar-refractivity contribution >= 4 is 5.82 Å². The van der Waals surface area contributed by atoms with Gasteiger partial charge in [-0.3, -0.25) is 0 Å². The fourth-order valence-electron chi connectivity index (χ4n) is 4.22. The van der Waals surface area contributed by atoms with Gasteiger partial charge in [0.25, 0.3) is 0 Å². The second kappa shape index (κ2) is 6.25. The summed E-state index contributed by atoms with van der Waals surface area (Å²) in [5.74, 6) is 1.81. The van der Waals surface area contributed by atoms with Gasteiger partial charge in [-0.05, 0) is 63.4 Å². The van der Waals surface area contributed by atoms with Crippen molar-refractivity contribution < 1.29 is 0 Å². The molecule has 2 aromatic rings. The van der Waals surface area contributed by atoms with Crippen molar-refractivity contribution in [3.63, 3.8) is 0 Å². The van der Waals surface area contributed by atoms with E-state index in [1.54, 1.807) is 0 Å². The molecule has 1 aromatic carbocycles. The fourth-order valence-corrected chi connectivity index (χ4v) is 4.22. The molecule has 1 atom stereocenters. The Morgan fingerprint density at radius 3 is 3.00 bits per heavy atom. The van der Waals surface area contributed by atoms with Crippen LogP contribution in [0.5, 0.6) is 0 Å². The van der Waals surface area contributed by atoms with Gasteiger partial charge >= 0.3 is 0 Å². The predicted molar refractivity (Wildman–Crippen MR) is 99.3 cm³/mol. The summed E-state index contributed by atoms with van der Waals surface area (Å²) in [7, 11) is 0. The summed E-state index contributed by atoms with van der Waals surface area (Å²) >= 11 is 0. The molecule has 2 aliphatic rings. The number of aryl methyl sites for hydroxylation is 2. The molecule has 1 aromatic heterocycles. The highest BCUT2D eigenvalue weighted by Crippen LogP contribution is 2.36. The Labute approximate surface area is 144 Å². The first-order valence-electron chi connectivity index (χ1n) is 9.33. The minimum atomic E-state index is 0.582. The van der Waals surface area contributed by atoms with Crippen LogP contribution in [0.15, 0.2) is 18.2 Å². The Hall–Kier alpha value is -1.81. The molecule has 0 saturated carbocycles. The number of benzene rings is 1. The summed E-state index contributed by atoms with van der Waals surface area (Å²) in [6, 6.07) is 6.63. The molecule has 4 heteroatoms. The van der Waals surface area contributed by atoms with Gasteiger partial charge in [-0.25, -0.2) is 4.68 Å². The van der Waals surface area contributed by atoms with Gasteiger partial charge < -0.3 is 10.2 Å². The molecule has 1 unspecified atom stereocenters. The van der Waals surface area contributed by atoms with E-state index in [0.29, 0.717) is 5.92 Å². The SMILES string of the molecule is CCN1CCCC(c2nn(-c3cc(C)ccc3C)c3c2CCN3)C1. The van der Waals surface area contributed by atoms with Crippen molar-refractivity contribution in [3.8, 4) is 5.69 Å². The number of likely N-dealkylation sites (tertiary alicyclic amines) is 1. The average Bonchev–Trinajstić information content (AvgIpc) is 3.19. The normalized spacial score (nSPS) is 20.9. The monoisotopic (exact) mass is 324 g/mol. The van der Waals surface area contributed by atoms with E-state index in [2.05, 4.69) is 53.9 Å². The van der Waals surface area contributed by atoms with Crippen molar-refractivity contribution in [2.45, 2.75) is 46.0 Å². The lowest BCUT2D eigenvalue weighted by Crippen LogP contribution is -2.34. The first-order chi connectivity index (χ1) is 11.7. The van der Waals surface area contributed by atoms with Crippen molar-refractivity contribution in [2.75, 3.05) is 31.5 Å². The van der Waals surface area contributed by atoms with Crippen LogP contribution < -0.4 is 5.32 Å². The van der Waals surface area contributed by atoms with Gasteiger partial charge in [-0.2, -0.15) is 5.10 Å². The lowest BCUT2D eigenvalue weighted by Gasteiger charge is -2.31. The number of nitrogens with one attached hydrogen (secondary N) is 1. The maximum Gasteiger partial charge on any atom is 0.133 e. The zero-order chi connectivity index (χ0) is 16.7. The van der Waals surface area contributed by atoms with Gasteiger partial charge in [-0.1, -0.05) is 19.1 Å². The van der Waals surface area contributed by atoms with Gasteiger partial charge in [0.1, 0.15) is 5.82 Å². The quantitative estimate of drug-likeness (QED) is 0.935. The third-order valence-corrected chi connectivity index (χ3v) is 5.61. The highest BCUT2D eigenvalue weighted by molar-refractivity contribution is 5.59. The average molecular weight is 324 g/mol. The lowest BCUT2D eigenvalue weighted by molar-refractivity contribution is 0.215. The van der Waals surface area contributed by atoms with Gasteiger partial charge in [0.15, 0.2) is 0 Å². The van der Waals surface area contributed by atoms with Gasteiger partial charge in [0.05, 0.1) is 11.4 Å². The van der Waals surface area contributed by atoms with Crippen LogP contribution in [0.25, 0.3) is 5.69 Å². The van der Waals surface area contributed by atoms with Crippen molar-refractivity contribution in [2.24, 2.45) is 0 Å². The van der Waals surface area contributed by atoms with Crippen LogP contribution in [0.3, 0.4) is 0 Å². The Balaban J connectivity index is 1.76. The second-order valence-electron chi connectivity index (χ2n) is 7.32. The number of hydrogen-bond acceptors (Lipinski definition) is 3. The first kappa shape index (κ1) is 15.7. The highest BCUT2D eigenvalue weighted by atomic mass is 15.3. The van der Waals surface area contributed by atoms with Crippen LogP contribution in [-0.4, -0.2) is 40.9 Å². The van der Waals surface area contributed by atoms with Crippen LogP contribution in [0, 0.1) is 13.8 Å². The van der Waals surface area contributed by atoms with Crippen LogP contribution in [0.4, 0.5) is 5.82 Å². The second-order valence-corrected chi connectivity index (χ2v) is 7.32. The van der Waals surface area contributed by atoms with E-state index >= 15 is 0 Å². The van der Waals surface area contributed by atoms with E-state index < -0.39 is 0 Å². The van der Waals surface area contributed by atoms with Crippen LogP contribution in [0.1, 0.15) is 48.1 Å². The minimum Gasteiger partial charge on any atom is -0.369 e. The Kier molecular flexibility index (Phi) is 4.09. The van der Waals surface area contributed by atoms with E-state index in [1.165, 1.54) is 53.3 Å². The summed E-state index contributed by atoms with van der Waals surface area (Å²) in [4.78, 5) is 2.57. The van der Waals surface area contributed by atoms with E-state index in [4.69, 9.17) is 5.10 Å². The maximum absolute atomic E-state index is 5.12. The number of hydrogen-bond donors (Lipinski definition) is 1. The molecule has 4 rings (SSSR count). The van der Waals surface area contributed by atoms with Crippen molar-refractivity contribution in [1.82, 2.24) is 14.7 Å². The topological polar surface area (TPSA) is 33.1 Å². The van der Waals surface area contributed by atoms with Crippen LogP contribution in [-0.2, 0) is 6.42 Å². The van der Waals surface area contributed by atoms with Gasteiger partial charge in [0.2, 0.25) is 0 Å². The molecule has 0 bridgehead atoms. The number of fused-ring (bicyclic) bond motifs is 1. The highest BCUT2D eigenvalue weighted by Gasteiger charge is 2.30. The fraction of sp³-hybridized carbons (Fsp3) is 0.550. The molecule has 128 valence electrons. The number of anilines is 1. The van der Waals surface area contributed by atoms with Crippen molar-refractivity contribution in [3.05, 3.63) is 40.6 Å². The summed E-state index contributed by atoms with van der Waals surface area (Å²) in [5, 5.41) is 8.71. The summed E-state index contributed by atoms with van der Waals surface area (Å²) in [5.41, 5.74) is 6.59. The number of aromatic nitrogens is 2. The lowest BCUT2D eigenvalue weighted by atomic mass is 9.92. The largest absolute Gasteiger partial charge is 0.369 e. The molecular weight excluding hydrogens is 296 g/mol. The molecule has 1 fully saturated rings. The molecule has 0 amide bonds. The molecule has 24 heavy (non-hydrogen) atoms. The molecule has 0 spiro atoms. The molecule has 4 nitrogen and oxygen atoms in total. The number of nitrogens with zero attached hydrogens (tertiary/aromatic N) is 3. The molecular formula is C20H28N4. The molecule has 0 radical (unpaired) electrons. The van der Waals surface area contributed by atoms with Crippen LogP contribution in [0.2, 0.25) is 0 Å². The Morgan fingerprint density at radius 2 is 2.17 bits per heavy atom. The van der Waals surface area contributed by atoms with Gasteiger partial charge in [0, 0.05) is 24.6 Å². The van der Waals surface area contributed by atoms with Crippen LogP contribution >= 0.6 is 0 Å². The smallest absolute Gasteiger partial charge is 0.133 e. The third kappa shape index (κ3) is 2.63.